The molecule has 0 spiro atoms. The second kappa shape index (κ2) is 7.94. The third-order valence-electron chi connectivity index (χ3n) is 3.96. The topological polar surface area (TPSA) is 123 Å². The molecule has 1 saturated heterocycles. The zero-order valence-electron chi connectivity index (χ0n) is 14.3. The molecular weight excluding hydrogens is 360 g/mol. The van der Waals surface area contributed by atoms with Crippen LogP contribution in [0.15, 0.2) is 33.6 Å². The van der Waals surface area contributed by atoms with E-state index in [1.165, 1.54) is 18.2 Å². The van der Waals surface area contributed by atoms with Crippen molar-refractivity contribution in [3.05, 3.63) is 41.6 Å². The number of nitrogens with zero attached hydrogens (tertiary/aromatic N) is 2. The van der Waals surface area contributed by atoms with Crippen molar-refractivity contribution in [3.8, 4) is 0 Å². The van der Waals surface area contributed by atoms with Crippen molar-refractivity contribution in [1.82, 2.24) is 20.2 Å². The molecule has 0 saturated carbocycles. The maximum Gasteiger partial charge on any atom is 0.251 e. The molecule has 2 aromatic rings. The lowest BCUT2D eigenvalue weighted by Gasteiger charge is -2.10. The van der Waals surface area contributed by atoms with Crippen LogP contribution in [-0.2, 0) is 21.3 Å². The average Bonchev–Trinajstić information content (AvgIpc) is 3.29. The molecule has 1 aliphatic rings. The molecule has 2 N–H and O–H groups in total. The maximum absolute atomic E-state index is 12.4. The predicted molar refractivity (Wildman–Crippen MR) is 90.8 cm³/mol. The van der Waals surface area contributed by atoms with Crippen LogP contribution in [0.5, 0.6) is 0 Å². The number of rotatable bonds is 7. The number of carbonyl (C=O) groups excluding carboxylic acids is 1. The van der Waals surface area contributed by atoms with Gasteiger partial charge in [0.2, 0.25) is 21.8 Å². The van der Waals surface area contributed by atoms with Crippen molar-refractivity contribution in [2.75, 3.05) is 19.8 Å². The quantitative estimate of drug-likeness (QED) is 0.722. The second-order valence-corrected chi connectivity index (χ2v) is 7.77. The Morgan fingerprint density at radius 2 is 2.19 bits per heavy atom. The normalized spacial score (nSPS) is 17.3. The third kappa shape index (κ3) is 4.65. The SMILES string of the molecule is Cc1nnc(CNS(=O)(=O)c2cccc(C(=O)NCC3CCOC3)c2)o1. The Bertz CT molecular complexity index is 874. The standard InChI is InChI=1S/C16H20N4O5S/c1-11-19-20-15(25-11)9-18-26(22,23)14-4-2-3-13(7-14)16(21)17-8-12-5-6-24-10-12/h2-4,7,12,18H,5-6,8-10H2,1H3,(H,17,21). The van der Waals surface area contributed by atoms with Gasteiger partial charge in [0.1, 0.15) is 0 Å². The molecule has 1 amide bonds. The first-order valence-electron chi connectivity index (χ1n) is 8.19. The summed E-state index contributed by atoms with van der Waals surface area (Å²) in [5, 5.41) is 10.2. The highest BCUT2D eigenvalue weighted by Gasteiger charge is 2.19. The molecule has 9 nitrogen and oxygen atoms in total. The minimum absolute atomic E-state index is 0.00872. The Balaban J connectivity index is 1.63. The molecule has 1 unspecified atom stereocenters. The number of amides is 1. The highest BCUT2D eigenvalue weighted by atomic mass is 32.2. The highest BCUT2D eigenvalue weighted by Crippen LogP contribution is 2.14. The van der Waals surface area contributed by atoms with Crippen LogP contribution >= 0.6 is 0 Å². The summed E-state index contributed by atoms with van der Waals surface area (Å²) < 4.78 is 37.6. The summed E-state index contributed by atoms with van der Waals surface area (Å²) in [4.78, 5) is 12.3. The molecule has 0 aliphatic carbocycles. The summed E-state index contributed by atoms with van der Waals surface area (Å²) in [6, 6.07) is 5.85. The fourth-order valence-electron chi connectivity index (χ4n) is 2.54. The Morgan fingerprint density at radius 3 is 2.88 bits per heavy atom. The van der Waals surface area contributed by atoms with Gasteiger partial charge in [-0.05, 0) is 24.6 Å². The zero-order chi connectivity index (χ0) is 18.6. The van der Waals surface area contributed by atoms with Gasteiger partial charge in [0.25, 0.3) is 5.91 Å². The van der Waals surface area contributed by atoms with Crippen LogP contribution in [0.25, 0.3) is 0 Å². The van der Waals surface area contributed by atoms with Crippen molar-refractivity contribution in [1.29, 1.82) is 0 Å². The lowest BCUT2D eigenvalue weighted by atomic mass is 10.1. The lowest BCUT2D eigenvalue weighted by Crippen LogP contribution is -2.30. The van der Waals surface area contributed by atoms with Crippen LogP contribution in [0.2, 0.25) is 0 Å². The molecule has 10 heteroatoms. The maximum atomic E-state index is 12.4. The van der Waals surface area contributed by atoms with E-state index in [9.17, 15) is 13.2 Å². The number of carbonyl (C=O) groups is 1. The molecule has 1 fully saturated rings. The average molecular weight is 380 g/mol. The van der Waals surface area contributed by atoms with E-state index in [2.05, 4.69) is 20.2 Å². The fourth-order valence-corrected chi connectivity index (χ4v) is 3.56. The van der Waals surface area contributed by atoms with Crippen molar-refractivity contribution in [2.24, 2.45) is 5.92 Å². The van der Waals surface area contributed by atoms with E-state index in [0.29, 0.717) is 31.6 Å². The van der Waals surface area contributed by atoms with Gasteiger partial charge in [0, 0.05) is 31.6 Å². The lowest BCUT2D eigenvalue weighted by molar-refractivity contribution is 0.0944. The van der Waals surface area contributed by atoms with Gasteiger partial charge in [0.05, 0.1) is 18.0 Å². The summed E-state index contributed by atoms with van der Waals surface area (Å²) >= 11 is 0. The molecule has 26 heavy (non-hydrogen) atoms. The van der Waals surface area contributed by atoms with Crippen molar-refractivity contribution in [2.45, 2.75) is 24.8 Å². The molecule has 1 aliphatic heterocycles. The smallest absolute Gasteiger partial charge is 0.251 e. The van der Waals surface area contributed by atoms with Crippen LogP contribution in [0.3, 0.4) is 0 Å². The van der Waals surface area contributed by atoms with Gasteiger partial charge in [-0.3, -0.25) is 4.79 Å². The first-order chi connectivity index (χ1) is 12.4. The molecule has 1 aromatic heterocycles. The Hall–Kier alpha value is -2.30. The summed E-state index contributed by atoms with van der Waals surface area (Å²) in [5.74, 6) is 0.496. The van der Waals surface area contributed by atoms with Gasteiger partial charge in [0.15, 0.2) is 0 Å². The van der Waals surface area contributed by atoms with E-state index in [1.807, 2.05) is 0 Å². The summed E-state index contributed by atoms with van der Waals surface area (Å²) in [6.45, 7) is 3.34. The van der Waals surface area contributed by atoms with Crippen LogP contribution in [0, 0.1) is 12.8 Å². The van der Waals surface area contributed by atoms with Crippen LogP contribution in [0.4, 0.5) is 0 Å². The first-order valence-corrected chi connectivity index (χ1v) is 9.67. The number of ether oxygens (including phenoxy) is 1. The van der Waals surface area contributed by atoms with E-state index < -0.39 is 10.0 Å². The van der Waals surface area contributed by atoms with E-state index in [-0.39, 0.29) is 28.8 Å². The Kier molecular flexibility index (Phi) is 5.64. The number of aryl methyl sites for hydroxylation is 1. The molecule has 3 rings (SSSR count). The third-order valence-corrected chi connectivity index (χ3v) is 5.36. The molecular formula is C16H20N4O5S. The Labute approximate surface area is 151 Å². The minimum Gasteiger partial charge on any atom is -0.424 e. The largest absolute Gasteiger partial charge is 0.424 e. The number of sulfonamides is 1. The number of nitrogens with one attached hydrogen (secondary N) is 2. The van der Waals surface area contributed by atoms with Crippen molar-refractivity contribution < 1.29 is 22.4 Å². The monoisotopic (exact) mass is 380 g/mol. The molecule has 2 heterocycles. The number of hydrogen-bond donors (Lipinski definition) is 2. The van der Waals surface area contributed by atoms with E-state index in [4.69, 9.17) is 9.15 Å². The van der Waals surface area contributed by atoms with E-state index in [0.717, 1.165) is 6.42 Å². The van der Waals surface area contributed by atoms with E-state index >= 15 is 0 Å². The van der Waals surface area contributed by atoms with Gasteiger partial charge in [-0.25, -0.2) is 13.1 Å². The predicted octanol–water partition coefficient (Wildman–Crippen LogP) is 0.623. The van der Waals surface area contributed by atoms with Gasteiger partial charge in [-0.1, -0.05) is 6.07 Å². The molecule has 1 aromatic carbocycles. The van der Waals surface area contributed by atoms with Gasteiger partial charge in [-0.2, -0.15) is 0 Å². The molecule has 0 radical (unpaired) electrons. The molecule has 0 bridgehead atoms. The van der Waals surface area contributed by atoms with Crippen LogP contribution in [0.1, 0.15) is 28.6 Å². The van der Waals surface area contributed by atoms with Gasteiger partial charge >= 0.3 is 0 Å². The van der Waals surface area contributed by atoms with Crippen molar-refractivity contribution >= 4 is 15.9 Å². The molecule has 1 atom stereocenters. The number of aromatic nitrogens is 2. The number of hydrogen-bond acceptors (Lipinski definition) is 7. The zero-order valence-corrected chi connectivity index (χ0v) is 15.1. The fraction of sp³-hybridized carbons (Fsp3) is 0.438. The highest BCUT2D eigenvalue weighted by molar-refractivity contribution is 7.89. The van der Waals surface area contributed by atoms with Gasteiger partial charge in [-0.15, -0.1) is 10.2 Å². The second-order valence-electron chi connectivity index (χ2n) is 6.01. The number of benzene rings is 1. The van der Waals surface area contributed by atoms with Crippen molar-refractivity contribution in [3.63, 3.8) is 0 Å². The molecule has 140 valence electrons. The summed E-state index contributed by atoms with van der Waals surface area (Å²) in [7, 11) is -3.81. The van der Waals surface area contributed by atoms with Crippen LogP contribution < -0.4 is 10.0 Å². The summed E-state index contributed by atoms with van der Waals surface area (Å²) in [5.41, 5.74) is 0.278. The summed E-state index contributed by atoms with van der Waals surface area (Å²) in [6.07, 6.45) is 0.910. The van der Waals surface area contributed by atoms with E-state index in [1.54, 1.807) is 13.0 Å². The van der Waals surface area contributed by atoms with Gasteiger partial charge < -0.3 is 14.5 Å². The van der Waals surface area contributed by atoms with Crippen LogP contribution in [-0.4, -0.2) is 44.3 Å². The Morgan fingerprint density at radius 1 is 1.35 bits per heavy atom. The first kappa shape index (κ1) is 18.5. The minimum atomic E-state index is -3.81.